The van der Waals surface area contributed by atoms with Crippen LogP contribution in [0.25, 0.3) is 0 Å². The van der Waals surface area contributed by atoms with E-state index in [0.717, 1.165) is 0 Å². The molecule has 0 nitrogen and oxygen atoms in total. The van der Waals surface area contributed by atoms with Crippen molar-refractivity contribution in [1.29, 1.82) is 0 Å². The van der Waals surface area contributed by atoms with E-state index in [-0.39, 0.29) is 0 Å². The Hall–Kier alpha value is -1.30. The molecule has 0 aromatic heterocycles. The highest BCUT2D eigenvalue weighted by Gasteiger charge is 2.17. The van der Waals surface area contributed by atoms with Gasteiger partial charge >= 0.3 is 0 Å². The maximum atomic E-state index is 2.44. The molecule has 1 aromatic carbocycles. The molecule has 0 heteroatoms. The van der Waals surface area contributed by atoms with Gasteiger partial charge in [-0.3, -0.25) is 0 Å². The van der Waals surface area contributed by atoms with Crippen LogP contribution >= 0.6 is 0 Å². The Morgan fingerprint density at radius 1 is 0.619 bits per heavy atom. The van der Waals surface area contributed by atoms with E-state index in [4.69, 9.17) is 0 Å². The van der Waals surface area contributed by atoms with Crippen LogP contribution in [-0.2, 0) is 12.8 Å². The molecule has 114 valence electrons. The predicted octanol–water partition coefficient (Wildman–Crippen LogP) is 6.28. The predicted molar refractivity (Wildman–Crippen MR) is 93.0 cm³/mol. The molecule has 0 unspecified atom stereocenters. The number of aryl methyl sites for hydroxylation is 2. The summed E-state index contributed by atoms with van der Waals surface area (Å²) in [5.41, 5.74) is 3.63. The first kappa shape index (κ1) is 16.1. The highest BCUT2D eigenvalue weighted by molar-refractivity contribution is 5.24. The molecule has 0 radical (unpaired) electrons. The standard InChI is InChI=1S/C21H30/c1-21(2)17-11-9-15-19-13-7-5-3-4-6-8-14-20(19)16-10-12-18-21/h3-8,13-14H,9-12,15-18H2,1-2H3. The van der Waals surface area contributed by atoms with E-state index < -0.39 is 0 Å². The molecular formula is C21H30. The Morgan fingerprint density at radius 3 is 1.52 bits per heavy atom. The highest BCUT2D eigenvalue weighted by atomic mass is 14.2. The van der Waals surface area contributed by atoms with E-state index in [1.54, 1.807) is 11.1 Å². The third-order valence-electron chi connectivity index (χ3n) is 4.66. The monoisotopic (exact) mass is 282 g/mol. The topological polar surface area (TPSA) is 0 Å². The zero-order valence-electron chi connectivity index (χ0n) is 13.8. The first-order valence-electron chi connectivity index (χ1n) is 8.57. The summed E-state index contributed by atoms with van der Waals surface area (Å²) >= 11 is 0. The van der Waals surface area contributed by atoms with Gasteiger partial charge in [0.2, 0.25) is 0 Å². The van der Waals surface area contributed by atoms with E-state index >= 15 is 0 Å². The van der Waals surface area contributed by atoms with Crippen molar-refractivity contribution in [3.63, 3.8) is 0 Å². The second kappa shape index (κ2) is 8.22. The first-order valence-corrected chi connectivity index (χ1v) is 8.57. The summed E-state index contributed by atoms with van der Waals surface area (Å²) in [5, 5.41) is 0. The average Bonchev–Trinajstić information content (AvgIpc) is 2.49. The van der Waals surface area contributed by atoms with Gasteiger partial charge in [0.25, 0.3) is 0 Å². The fourth-order valence-electron chi connectivity index (χ4n) is 3.26. The molecule has 2 rings (SSSR count). The normalized spacial score (nSPS) is 18.8. The van der Waals surface area contributed by atoms with E-state index in [0.29, 0.717) is 5.41 Å². The molecule has 0 heterocycles. The van der Waals surface area contributed by atoms with Crippen LogP contribution in [0.5, 0.6) is 0 Å². The van der Waals surface area contributed by atoms with Crippen molar-refractivity contribution in [2.45, 2.75) is 65.2 Å². The average molecular weight is 282 g/mol. The Labute approximate surface area is 130 Å². The number of hydrogen-bond acceptors (Lipinski definition) is 0. The summed E-state index contributed by atoms with van der Waals surface area (Å²) in [6, 6.07) is 17.5. The molecule has 0 saturated carbocycles. The molecule has 1 aliphatic carbocycles. The molecule has 1 aliphatic rings. The minimum Gasteiger partial charge on any atom is -0.0623 e. The molecule has 0 aliphatic heterocycles. The van der Waals surface area contributed by atoms with E-state index in [1.165, 1.54) is 51.4 Å². The zero-order valence-corrected chi connectivity index (χ0v) is 13.8. The second-order valence-corrected chi connectivity index (χ2v) is 7.12. The van der Waals surface area contributed by atoms with Crippen molar-refractivity contribution >= 4 is 0 Å². The Balaban J connectivity index is 2.25. The van der Waals surface area contributed by atoms with Crippen LogP contribution in [-0.4, -0.2) is 0 Å². The molecule has 0 amide bonds. The van der Waals surface area contributed by atoms with Crippen molar-refractivity contribution in [3.05, 3.63) is 59.7 Å². The summed E-state index contributed by atoms with van der Waals surface area (Å²) in [5.74, 6) is 0. The van der Waals surface area contributed by atoms with Gasteiger partial charge in [0.15, 0.2) is 0 Å². The fraction of sp³-hybridized carbons (Fsp3) is 0.524. The van der Waals surface area contributed by atoms with Crippen molar-refractivity contribution in [2.24, 2.45) is 5.41 Å². The number of hydrogen-bond donors (Lipinski definition) is 0. The molecule has 0 N–H and O–H groups in total. The van der Waals surface area contributed by atoms with Gasteiger partial charge in [-0.15, -0.1) is 0 Å². The molecule has 21 heavy (non-hydrogen) atoms. The van der Waals surface area contributed by atoms with E-state index in [1.807, 2.05) is 0 Å². The minimum absolute atomic E-state index is 0.532. The SMILES string of the molecule is CC1(C)CCCCc2ccccccccc2CCCC1. The first-order chi connectivity index (χ1) is 10.2. The van der Waals surface area contributed by atoms with Crippen LogP contribution in [0, 0.1) is 5.41 Å². The quantitative estimate of drug-likeness (QED) is 0.525. The van der Waals surface area contributed by atoms with Crippen LogP contribution < -0.4 is 0 Å². The summed E-state index contributed by atoms with van der Waals surface area (Å²) in [6.45, 7) is 4.88. The minimum atomic E-state index is 0.532. The fourth-order valence-corrected chi connectivity index (χ4v) is 3.26. The lowest BCUT2D eigenvalue weighted by molar-refractivity contribution is 0.286. The molecule has 1 aromatic rings. The molecule has 0 atom stereocenters. The lowest BCUT2D eigenvalue weighted by atomic mass is 9.82. The van der Waals surface area contributed by atoms with Crippen LogP contribution in [0.4, 0.5) is 0 Å². The van der Waals surface area contributed by atoms with Gasteiger partial charge < -0.3 is 0 Å². The molecule has 0 fully saturated rings. The van der Waals surface area contributed by atoms with Gasteiger partial charge in [0.1, 0.15) is 0 Å². The number of rotatable bonds is 0. The Kier molecular flexibility index (Phi) is 6.29. The highest BCUT2D eigenvalue weighted by Crippen LogP contribution is 2.31. The maximum absolute atomic E-state index is 2.44. The van der Waals surface area contributed by atoms with Crippen molar-refractivity contribution in [2.75, 3.05) is 0 Å². The third-order valence-corrected chi connectivity index (χ3v) is 4.66. The van der Waals surface area contributed by atoms with Crippen molar-refractivity contribution in [3.8, 4) is 0 Å². The van der Waals surface area contributed by atoms with Crippen LogP contribution in [0.15, 0.2) is 48.5 Å². The van der Waals surface area contributed by atoms with Gasteiger partial charge in [-0.2, -0.15) is 0 Å². The van der Waals surface area contributed by atoms with Crippen molar-refractivity contribution in [1.82, 2.24) is 0 Å². The van der Waals surface area contributed by atoms with Gasteiger partial charge in [0, 0.05) is 0 Å². The summed E-state index contributed by atoms with van der Waals surface area (Å²) in [7, 11) is 0. The molecule has 0 spiro atoms. The Bertz CT molecular complexity index is 440. The molecule has 0 saturated heterocycles. The van der Waals surface area contributed by atoms with E-state index in [2.05, 4.69) is 62.4 Å². The third kappa shape index (κ3) is 5.91. The second-order valence-electron chi connectivity index (χ2n) is 7.12. The van der Waals surface area contributed by atoms with Crippen LogP contribution in [0.2, 0.25) is 0 Å². The Morgan fingerprint density at radius 2 is 1.05 bits per heavy atom. The van der Waals surface area contributed by atoms with E-state index in [9.17, 15) is 0 Å². The molecule has 0 bridgehead atoms. The summed E-state index contributed by atoms with van der Waals surface area (Å²) in [4.78, 5) is 0. The smallest absolute Gasteiger partial charge is 0.0276 e. The van der Waals surface area contributed by atoms with Crippen LogP contribution in [0.1, 0.15) is 63.5 Å². The largest absolute Gasteiger partial charge is 0.0623 e. The summed E-state index contributed by atoms with van der Waals surface area (Å²) in [6.07, 6.45) is 10.6. The van der Waals surface area contributed by atoms with Gasteiger partial charge in [0.05, 0.1) is 0 Å². The van der Waals surface area contributed by atoms with Crippen LogP contribution in [0.3, 0.4) is 0 Å². The lowest BCUT2D eigenvalue weighted by Gasteiger charge is -2.24. The zero-order chi connectivity index (χ0) is 15.0. The van der Waals surface area contributed by atoms with Gasteiger partial charge in [-0.05, 0) is 55.1 Å². The maximum Gasteiger partial charge on any atom is -0.0276 e. The van der Waals surface area contributed by atoms with Crippen molar-refractivity contribution < 1.29 is 0 Å². The molecular weight excluding hydrogens is 252 g/mol. The van der Waals surface area contributed by atoms with Gasteiger partial charge in [-0.25, -0.2) is 0 Å². The number of fused-ring (bicyclic) bond motifs is 1. The van der Waals surface area contributed by atoms with Gasteiger partial charge in [-0.1, -0.05) is 75.2 Å². The lowest BCUT2D eigenvalue weighted by Crippen LogP contribution is -2.10. The summed E-state index contributed by atoms with van der Waals surface area (Å²) < 4.78 is 0.